The molecule has 1 atom stereocenters. The minimum atomic E-state index is -4.27. The fourth-order valence-corrected chi connectivity index (χ4v) is 0.299. The van der Waals surface area contributed by atoms with Crippen LogP contribution in [0.5, 0.6) is 0 Å². The first-order valence-corrected chi connectivity index (χ1v) is 3.30. The van der Waals surface area contributed by atoms with Gasteiger partial charge in [-0.2, -0.15) is 23.4 Å². The van der Waals surface area contributed by atoms with Gasteiger partial charge in [0, 0.05) is 0 Å². The van der Waals surface area contributed by atoms with Gasteiger partial charge >= 0.3 is 6.18 Å². The topological polar surface area (TPSA) is 24.7 Å². The number of rotatable bonds is 2. The van der Waals surface area contributed by atoms with Crippen molar-refractivity contribution in [2.24, 2.45) is 10.2 Å². The van der Waals surface area contributed by atoms with Crippen LogP contribution in [0.1, 0.15) is 20.8 Å². The summed E-state index contributed by atoms with van der Waals surface area (Å²) in [5.41, 5.74) is 0. The number of halogens is 3. The normalized spacial score (nSPS) is 16.3. The molecule has 0 aliphatic carbocycles. The summed E-state index contributed by atoms with van der Waals surface area (Å²) in [4.78, 5) is 0. The van der Waals surface area contributed by atoms with Crippen LogP contribution in [0.15, 0.2) is 10.2 Å². The molecule has 0 aromatic heterocycles. The molecule has 11 heavy (non-hydrogen) atoms. The zero-order valence-corrected chi connectivity index (χ0v) is 6.68. The van der Waals surface area contributed by atoms with Crippen LogP contribution in [0.3, 0.4) is 0 Å². The summed E-state index contributed by atoms with van der Waals surface area (Å²) in [6, 6.07) is -1.87. The first-order valence-electron chi connectivity index (χ1n) is 3.30. The van der Waals surface area contributed by atoms with E-state index in [0.717, 1.165) is 6.92 Å². The Hall–Kier alpha value is -0.610. The summed E-state index contributed by atoms with van der Waals surface area (Å²) in [5.74, 6) is 0. The van der Waals surface area contributed by atoms with Crippen molar-refractivity contribution in [3.05, 3.63) is 0 Å². The van der Waals surface area contributed by atoms with Crippen LogP contribution in [-0.4, -0.2) is 18.3 Å². The van der Waals surface area contributed by atoms with E-state index in [1.807, 2.05) is 0 Å². The third-order valence-corrected chi connectivity index (χ3v) is 0.945. The molecule has 1 unspecified atom stereocenters. The first-order chi connectivity index (χ1) is 4.84. The van der Waals surface area contributed by atoms with Crippen molar-refractivity contribution < 1.29 is 13.2 Å². The summed E-state index contributed by atoms with van der Waals surface area (Å²) in [7, 11) is 0. The van der Waals surface area contributed by atoms with E-state index in [1.165, 1.54) is 0 Å². The summed E-state index contributed by atoms with van der Waals surface area (Å²) >= 11 is 0. The largest absolute Gasteiger partial charge is 0.412 e. The van der Waals surface area contributed by atoms with Crippen molar-refractivity contribution >= 4 is 0 Å². The molecule has 0 saturated carbocycles. The van der Waals surface area contributed by atoms with Gasteiger partial charge in [0.15, 0.2) is 6.04 Å². The maximum Gasteiger partial charge on any atom is 0.412 e. The van der Waals surface area contributed by atoms with Crippen molar-refractivity contribution in [1.82, 2.24) is 0 Å². The molecule has 0 fully saturated rings. The molecule has 0 amide bonds. The molecular weight excluding hydrogens is 157 g/mol. The van der Waals surface area contributed by atoms with Crippen LogP contribution in [-0.2, 0) is 0 Å². The lowest BCUT2D eigenvalue weighted by Crippen LogP contribution is -2.23. The molecule has 0 heterocycles. The lowest BCUT2D eigenvalue weighted by molar-refractivity contribution is -0.144. The molecule has 0 aliphatic heterocycles. The highest BCUT2D eigenvalue weighted by atomic mass is 19.4. The molecule has 66 valence electrons. The molecule has 0 spiro atoms. The first kappa shape index (κ1) is 10.4. The molecule has 0 radical (unpaired) electrons. The van der Waals surface area contributed by atoms with Crippen LogP contribution >= 0.6 is 0 Å². The van der Waals surface area contributed by atoms with Crippen molar-refractivity contribution in [3.63, 3.8) is 0 Å². The number of hydrogen-bond donors (Lipinski definition) is 0. The Balaban J connectivity index is 3.97. The van der Waals surface area contributed by atoms with E-state index < -0.39 is 12.2 Å². The highest BCUT2D eigenvalue weighted by molar-refractivity contribution is 4.67. The zero-order chi connectivity index (χ0) is 9.07. The standard InChI is InChI=1S/C6H11F3N2/c1-4(2)10-11-5(3)6(7,8)9/h4-5H,1-3H3. The summed E-state index contributed by atoms with van der Waals surface area (Å²) in [6.45, 7) is 4.32. The van der Waals surface area contributed by atoms with E-state index in [0.29, 0.717) is 0 Å². The second-order valence-electron chi connectivity index (χ2n) is 2.54. The number of azo groups is 1. The average Bonchev–Trinajstić information content (AvgIpc) is 1.80. The lowest BCUT2D eigenvalue weighted by atomic mass is 10.3. The second-order valence-corrected chi connectivity index (χ2v) is 2.54. The molecular formula is C6H11F3N2. The SMILES string of the molecule is CC(C)N=NC(C)C(F)(F)F. The molecule has 0 N–H and O–H groups in total. The third kappa shape index (κ3) is 4.75. The molecule has 0 aliphatic rings. The number of hydrogen-bond acceptors (Lipinski definition) is 2. The van der Waals surface area contributed by atoms with Crippen LogP contribution in [0, 0.1) is 0 Å². The van der Waals surface area contributed by atoms with Gasteiger partial charge in [-0.3, -0.25) is 0 Å². The Morgan fingerprint density at radius 3 is 1.73 bits per heavy atom. The third-order valence-electron chi connectivity index (χ3n) is 0.945. The molecule has 2 nitrogen and oxygen atoms in total. The van der Waals surface area contributed by atoms with Crippen LogP contribution in [0.4, 0.5) is 13.2 Å². The van der Waals surface area contributed by atoms with Crippen LogP contribution in [0.25, 0.3) is 0 Å². The van der Waals surface area contributed by atoms with E-state index in [9.17, 15) is 13.2 Å². The quantitative estimate of drug-likeness (QED) is 0.566. The maximum absolute atomic E-state index is 11.7. The molecule has 0 aromatic rings. The molecule has 0 saturated heterocycles. The van der Waals surface area contributed by atoms with E-state index in [4.69, 9.17) is 0 Å². The van der Waals surface area contributed by atoms with E-state index >= 15 is 0 Å². The molecule has 5 heteroatoms. The monoisotopic (exact) mass is 168 g/mol. The van der Waals surface area contributed by atoms with Gasteiger partial charge in [0.2, 0.25) is 0 Å². The van der Waals surface area contributed by atoms with Gasteiger partial charge in [0.25, 0.3) is 0 Å². The Labute approximate surface area is 63.5 Å². The predicted molar refractivity (Wildman–Crippen MR) is 35.5 cm³/mol. The van der Waals surface area contributed by atoms with E-state index in [2.05, 4.69) is 10.2 Å². The van der Waals surface area contributed by atoms with Crippen LogP contribution in [0.2, 0.25) is 0 Å². The zero-order valence-electron chi connectivity index (χ0n) is 6.68. The van der Waals surface area contributed by atoms with Gasteiger partial charge in [-0.25, -0.2) is 0 Å². The van der Waals surface area contributed by atoms with Gasteiger partial charge in [-0.15, -0.1) is 0 Å². The highest BCUT2D eigenvalue weighted by Gasteiger charge is 2.36. The lowest BCUT2D eigenvalue weighted by Gasteiger charge is -2.09. The van der Waals surface area contributed by atoms with Crippen molar-refractivity contribution in [2.45, 2.75) is 39.0 Å². The Morgan fingerprint density at radius 2 is 1.45 bits per heavy atom. The number of alkyl halides is 3. The van der Waals surface area contributed by atoms with Crippen molar-refractivity contribution in [2.75, 3.05) is 0 Å². The van der Waals surface area contributed by atoms with E-state index in [-0.39, 0.29) is 6.04 Å². The molecule has 0 bridgehead atoms. The van der Waals surface area contributed by atoms with Crippen molar-refractivity contribution in [3.8, 4) is 0 Å². The minimum Gasteiger partial charge on any atom is -0.191 e. The second kappa shape index (κ2) is 3.69. The average molecular weight is 168 g/mol. The smallest absolute Gasteiger partial charge is 0.191 e. The fourth-order valence-electron chi connectivity index (χ4n) is 0.299. The van der Waals surface area contributed by atoms with Crippen molar-refractivity contribution in [1.29, 1.82) is 0 Å². The van der Waals surface area contributed by atoms with Gasteiger partial charge < -0.3 is 0 Å². The van der Waals surface area contributed by atoms with Gasteiger partial charge in [-0.1, -0.05) is 0 Å². The fraction of sp³-hybridized carbons (Fsp3) is 1.00. The minimum absolute atomic E-state index is 0.181. The van der Waals surface area contributed by atoms with Gasteiger partial charge in [0.05, 0.1) is 6.04 Å². The van der Waals surface area contributed by atoms with Gasteiger partial charge in [0.1, 0.15) is 0 Å². The predicted octanol–water partition coefficient (Wildman–Crippen LogP) is 2.80. The Morgan fingerprint density at radius 1 is 1.00 bits per heavy atom. The summed E-state index contributed by atoms with van der Waals surface area (Å²) < 4.78 is 35.2. The van der Waals surface area contributed by atoms with E-state index in [1.54, 1.807) is 13.8 Å². The highest BCUT2D eigenvalue weighted by Crippen LogP contribution is 2.22. The molecule has 0 rings (SSSR count). The van der Waals surface area contributed by atoms with Gasteiger partial charge in [-0.05, 0) is 20.8 Å². The number of nitrogens with zero attached hydrogens (tertiary/aromatic N) is 2. The Kier molecular flexibility index (Phi) is 3.48. The summed E-state index contributed by atoms with van der Waals surface area (Å²) in [6.07, 6.45) is -4.27. The summed E-state index contributed by atoms with van der Waals surface area (Å²) in [5, 5.41) is 6.49. The molecule has 0 aromatic carbocycles. The van der Waals surface area contributed by atoms with Crippen LogP contribution < -0.4 is 0 Å². The Bertz CT molecular complexity index is 139. The maximum atomic E-state index is 11.7.